The Morgan fingerprint density at radius 2 is 2.00 bits per heavy atom. The molecule has 1 aromatic heterocycles. The molecule has 1 saturated heterocycles. The molecular weight excluding hydrogens is 412 g/mol. The number of thioether (sulfide) groups is 1. The number of benzene rings is 1. The number of carbonyl (C=O) groups excluding carboxylic acids is 1. The Labute approximate surface area is 188 Å². The summed E-state index contributed by atoms with van der Waals surface area (Å²) in [5.41, 5.74) is 0.971. The molecule has 2 heterocycles. The van der Waals surface area contributed by atoms with Crippen molar-refractivity contribution >= 4 is 17.7 Å². The summed E-state index contributed by atoms with van der Waals surface area (Å²) in [4.78, 5) is 12.6. The number of aromatic nitrogens is 3. The highest BCUT2D eigenvalue weighted by atomic mass is 32.2. The van der Waals surface area contributed by atoms with Gasteiger partial charge in [-0.05, 0) is 55.9 Å². The van der Waals surface area contributed by atoms with Crippen molar-refractivity contribution in [3.05, 3.63) is 24.3 Å². The molecule has 31 heavy (non-hydrogen) atoms. The molecule has 2 aromatic rings. The summed E-state index contributed by atoms with van der Waals surface area (Å²) in [6.07, 6.45) is 7.00. The molecule has 1 aliphatic carbocycles. The Balaban J connectivity index is 1.46. The van der Waals surface area contributed by atoms with Crippen LogP contribution in [0.2, 0.25) is 0 Å². The van der Waals surface area contributed by atoms with Crippen LogP contribution < -0.4 is 10.1 Å². The fourth-order valence-corrected chi connectivity index (χ4v) is 5.17. The van der Waals surface area contributed by atoms with E-state index in [0.29, 0.717) is 24.3 Å². The zero-order valence-corrected chi connectivity index (χ0v) is 19.2. The summed E-state index contributed by atoms with van der Waals surface area (Å²) in [6.45, 7) is 3.73. The Morgan fingerprint density at radius 1 is 1.19 bits per heavy atom. The third-order valence-electron chi connectivity index (χ3n) is 6.27. The molecule has 3 unspecified atom stereocenters. The van der Waals surface area contributed by atoms with Gasteiger partial charge in [0.15, 0.2) is 11.0 Å². The molecule has 1 N–H and O–H groups in total. The number of rotatable bonds is 8. The Morgan fingerprint density at radius 3 is 2.71 bits per heavy atom. The van der Waals surface area contributed by atoms with Crippen molar-refractivity contribution in [1.29, 1.82) is 0 Å². The van der Waals surface area contributed by atoms with Crippen LogP contribution in [0.25, 0.3) is 11.4 Å². The van der Waals surface area contributed by atoms with E-state index in [2.05, 4.69) is 27.0 Å². The predicted molar refractivity (Wildman–Crippen MR) is 121 cm³/mol. The van der Waals surface area contributed by atoms with Gasteiger partial charge in [-0.15, -0.1) is 10.2 Å². The average molecular weight is 445 g/mol. The van der Waals surface area contributed by atoms with E-state index in [1.807, 2.05) is 24.3 Å². The molecule has 168 valence electrons. The fourth-order valence-electron chi connectivity index (χ4n) is 4.41. The molecule has 0 spiro atoms. The predicted octanol–water partition coefficient (Wildman–Crippen LogP) is 3.92. The van der Waals surface area contributed by atoms with E-state index in [1.165, 1.54) is 31.0 Å². The third-order valence-corrected chi connectivity index (χ3v) is 7.23. The van der Waals surface area contributed by atoms with Crippen LogP contribution in [0.5, 0.6) is 5.75 Å². The average Bonchev–Trinajstić information content (AvgIpc) is 3.44. The van der Waals surface area contributed by atoms with Crippen LogP contribution in [0, 0.1) is 5.92 Å². The van der Waals surface area contributed by atoms with Crippen molar-refractivity contribution in [2.24, 2.45) is 5.92 Å². The minimum absolute atomic E-state index is 0.0708. The van der Waals surface area contributed by atoms with Gasteiger partial charge in [-0.2, -0.15) is 0 Å². The quantitative estimate of drug-likeness (QED) is 0.622. The minimum atomic E-state index is 0.0708. The maximum atomic E-state index is 12.6. The van der Waals surface area contributed by atoms with Crippen molar-refractivity contribution < 1.29 is 14.3 Å². The van der Waals surface area contributed by atoms with Gasteiger partial charge in [0.05, 0.1) is 25.5 Å². The number of carbonyl (C=O) groups is 1. The van der Waals surface area contributed by atoms with Crippen LogP contribution in [-0.2, 0) is 16.1 Å². The van der Waals surface area contributed by atoms with E-state index in [9.17, 15) is 4.79 Å². The molecule has 0 bridgehead atoms. The van der Waals surface area contributed by atoms with Crippen LogP contribution >= 0.6 is 11.8 Å². The molecule has 4 rings (SSSR count). The van der Waals surface area contributed by atoms with E-state index in [0.717, 1.165) is 48.2 Å². The zero-order chi connectivity index (χ0) is 21.6. The number of nitrogens with one attached hydrogen (secondary N) is 1. The maximum absolute atomic E-state index is 12.6. The lowest BCUT2D eigenvalue weighted by Crippen LogP contribution is -2.41. The van der Waals surface area contributed by atoms with Gasteiger partial charge in [-0.3, -0.25) is 9.36 Å². The molecular formula is C23H32N4O3S. The van der Waals surface area contributed by atoms with Crippen molar-refractivity contribution in [1.82, 2.24) is 20.1 Å². The zero-order valence-electron chi connectivity index (χ0n) is 18.4. The molecule has 1 saturated carbocycles. The van der Waals surface area contributed by atoms with Crippen LogP contribution in [0.15, 0.2) is 29.4 Å². The number of nitrogens with zero attached hydrogens (tertiary/aromatic N) is 3. The Hall–Kier alpha value is -2.06. The van der Waals surface area contributed by atoms with Crippen molar-refractivity contribution in [3.63, 3.8) is 0 Å². The Kier molecular flexibility index (Phi) is 7.50. The first-order valence-corrected chi connectivity index (χ1v) is 12.2. The second-order valence-corrected chi connectivity index (χ2v) is 9.45. The first-order chi connectivity index (χ1) is 15.1. The standard InChI is InChI=1S/C23H32N4O3S/c1-16-6-3-4-8-20(16)24-21(28)15-31-23-26-25-22(17-9-11-18(29-2)12-10-17)27(23)14-19-7-5-13-30-19/h9-12,16,19-20H,3-8,13-15H2,1-2H3,(H,24,28). The Bertz CT molecular complexity index is 864. The van der Waals surface area contributed by atoms with Gasteiger partial charge in [0, 0.05) is 18.2 Å². The first kappa shape index (κ1) is 22.1. The molecule has 1 aromatic carbocycles. The highest BCUT2D eigenvalue weighted by Crippen LogP contribution is 2.28. The molecule has 0 radical (unpaired) electrons. The summed E-state index contributed by atoms with van der Waals surface area (Å²) < 4.78 is 13.2. The smallest absolute Gasteiger partial charge is 0.230 e. The fraction of sp³-hybridized carbons (Fsp3) is 0.609. The molecule has 2 aliphatic rings. The van der Waals surface area contributed by atoms with Gasteiger partial charge >= 0.3 is 0 Å². The first-order valence-electron chi connectivity index (χ1n) is 11.3. The van der Waals surface area contributed by atoms with Crippen LogP contribution in [-0.4, -0.2) is 52.3 Å². The van der Waals surface area contributed by atoms with Gasteiger partial charge in [0.2, 0.25) is 5.91 Å². The highest BCUT2D eigenvalue weighted by molar-refractivity contribution is 7.99. The summed E-state index contributed by atoms with van der Waals surface area (Å²) in [5.74, 6) is 2.56. The topological polar surface area (TPSA) is 78.3 Å². The summed E-state index contributed by atoms with van der Waals surface area (Å²) in [5, 5.41) is 12.9. The lowest BCUT2D eigenvalue weighted by Gasteiger charge is -2.29. The van der Waals surface area contributed by atoms with Crippen molar-refractivity contribution in [2.45, 2.75) is 69.3 Å². The lowest BCUT2D eigenvalue weighted by molar-refractivity contribution is -0.119. The summed E-state index contributed by atoms with van der Waals surface area (Å²) >= 11 is 1.45. The van der Waals surface area contributed by atoms with Gasteiger partial charge in [0.1, 0.15) is 5.75 Å². The number of hydrogen-bond acceptors (Lipinski definition) is 6. The van der Waals surface area contributed by atoms with E-state index < -0.39 is 0 Å². The molecule has 1 aliphatic heterocycles. The van der Waals surface area contributed by atoms with Crippen LogP contribution in [0.3, 0.4) is 0 Å². The second-order valence-electron chi connectivity index (χ2n) is 8.50. The summed E-state index contributed by atoms with van der Waals surface area (Å²) in [7, 11) is 1.66. The van der Waals surface area contributed by atoms with Gasteiger partial charge in [-0.1, -0.05) is 31.5 Å². The van der Waals surface area contributed by atoms with Crippen LogP contribution in [0.4, 0.5) is 0 Å². The van der Waals surface area contributed by atoms with E-state index in [4.69, 9.17) is 9.47 Å². The second kappa shape index (κ2) is 10.5. The van der Waals surface area contributed by atoms with E-state index in [-0.39, 0.29) is 12.0 Å². The summed E-state index contributed by atoms with van der Waals surface area (Å²) in [6, 6.07) is 8.11. The number of methoxy groups -OCH3 is 1. The van der Waals surface area contributed by atoms with Crippen LogP contribution in [0.1, 0.15) is 45.4 Å². The molecule has 7 nitrogen and oxygen atoms in total. The molecule has 3 atom stereocenters. The number of amides is 1. The minimum Gasteiger partial charge on any atom is -0.497 e. The van der Waals surface area contributed by atoms with Crippen molar-refractivity contribution in [3.8, 4) is 17.1 Å². The SMILES string of the molecule is COc1ccc(-c2nnc(SCC(=O)NC3CCCCC3C)n2CC2CCCO2)cc1. The van der Waals surface area contributed by atoms with E-state index >= 15 is 0 Å². The maximum Gasteiger partial charge on any atom is 0.230 e. The monoisotopic (exact) mass is 444 g/mol. The highest BCUT2D eigenvalue weighted by Gasteiger charge is 2.25. The molecule has 8 heteroatoms. The molecule has 2 fully saturated rings. The largest absolute Gasteiger partial charge is 0.497 e. The lowest BCUT2D eigenvalue weighted by atomic mass is 9.86. The van der Waals surface area contributed by atoms with Gasteiger partial charge in [0.25, 0.3) is 0 Å². The normalized spacial score (nSPS) is 23.6. The van der Waals surface area contributed by atoms with Crippen molar-refractivity contribution in [2.75, 3.05) is 19.5 Å². The van der Waals surface area contributed by atoms with Gasteiger partial charge < -0.3 is 14.8 Å². The van der Waals surface area contributed by atoms with E-state index in [1.54, 1.807) is 7.11 Å². The van der Waals surface area contributed by atoms with Gasteiger partial charge in [-0.25, -0.2) is 0 Å². The third kappa shape index (κ3) is 5.60. The number of ether oxygens (including phenoxy) is 2. The number of hydrogen-bond donors (Lipinski definition) is 1. The molecule has 1 amide bonds.